The maximum atomic E-state index is 11.8. The number of likely N-dealkylation sites (tertiary alicyclic amines) is 1. The van der Waals surface area contributed by atoms with Crippen LogP contribution in [-0.2, 0) is 16.1 Å². The van der Waals surface area contributed by atoms with Crippen molar-refractivity contribution in [1.29, 1.82) is 0 Å². The maximum absolute atomic E-state index is 11.8. The van der Waals surface area contributed by atoms with E-state index in [-0.39, 0.29) is 12.3 Å². The predicted octanol–water partition coefficient (Wildman–Crippen LogP) is 2.04. The van der Waals surface area contributed by atoms with E-state index in [1.165, 1.54) is 11.1 Å². The van der Waals surface area contributed by atoms with Gasteiger partial charge in [0.05, 0.1) is 5.92 Å². The number of nitrogens with zero attached hydrogens (tertiary/aromatic N) is 1. The van der Waals surface area contributed by atoms with Crippen LogP contribution in [0.25, 0.3) is 0 Å². The third kappa shape index (κ3) is 2.78. The average Bonchev–Trinajstić information content (AvgIpc) is 2.68. The van der Waals surface area contributed by atoms with E-state index < -0.39 is 11.9 Å². The van der Waals surface area contributed by atoms with E-state index in [4.69, 9.17) is 5.11 Å². The minimum absolute atomic E-state index is 0.0648. The Morgan fingerprint density at radius 2 is 1.89 bits per heavy atom. The molecule has 0 aromatic heterocycles. The number of aryl methyl sites for hydroxylation is 3. The molecule has 1 saturated heterocycles. The van der Waals surface area contributed by atoms with Crippen LogP contribution in [-0.4, -0.2) is 28.4 Å². The number of aliphatic carboxylic acids is 1. The fourth-order valence-corrected chi connectivity index (χ4v) is 2.49. The third-order valence-corrected chi connectivity index (χ3v) is 3.88. The molecule has 1 fully saturated rings. The zero-order valence-electron chi connectivity index (χ0n) is 11.6. The SMILES string of the molecule is Cc1cc(C)c(CN2CC(C(=O)O)CC2=O)cc1C. The molecular formula is C15H19NO3. The zero-order valence-corrected chi connectivity index (χ0v) is 11.6. The third-order valence-electron chi connectivity index (χ3n) is 3.88. The van der Waals surface area contributed by atoms with Crippen LogP contribution in [0.5, 0.6) is 0 Å². The largest absolute Gasteiger partial charge is 0.481 e. The van der Waals surface area contributed by atoms with E-state index in [0.717, 1.165) is 11.1 Å². The molecule has 1 aromatic carbocycles. The second-order valence-corrected chi connectivity index (χ2v) is 5.38. The average molecular weight is 261 g/mol. The highest BCUT2D eigenvalue weighted by Crippen LogP contribution is 2.23. The first-order valence-corrected chi connectivity index (χ1v) is 6.45. The summed E-state index contributed by atoms with van der Waals surface area (Å²) in [5.41, 5.74) is 4.68. The Bertz CT molecular complexity index is 536. The van der Waals surface area contributed by atoms with Crippen molar-refractivity contribution in [3.8, 4) is 0 Å². The molecule has 0 aliphatic carbocycles. The Hall–Kier alpha value is -1.84. The molecule has 1 atom stereocenters. The van der Waals surface area contributed by atoms with Gasteiger partial charge >= 0.3 is 5.97 Å². The summed E-state index contributed by atoms with van der Waals surface area (Å²) in [5.74, 6) is -1.50. The summed E-state index contributed by atoms with van der Waals surface area (Å²) >= 11 is 0. The first-order valence-electron chi connectivity index (χ1n) is 6.45. The normalized spacial score (nSPS) is 19.0. The summed E-state index contributed by atoms with van der Waals surface area (Å²) in [7, 11) is 0. The van der Waals surface area contributed by atoms with Crippen molar-refractivity contribution in [2.45, 2.75) is 33.7 Å². The summed E-state index contributed by atoms with van der Waals surface area (Å²) in [4.78, 5) is 24.4. The van der Waals surface area contributed by atoms with Crippen molar-refractivity contribution in [3.05, 3.63) is 34.4 Å². The number of hydrogen-bond donors (Lipinski definition) is 1. The second kappa shape index (κ2) is 5.03. The summed E-state index contributed by atoms with van der Waals surface area (Å²) in [6.07, 6.45) is 0.124. The van der Waals surface area contributed by atoms with Crippen molar-refractivity contribution in [1.82, 2.24) is 4.90 Å². The summed E-state index contributed by atoms with van der Waals surface area (Å²) in [6, 6.07) is 4.20. The Balaban J connectivity index is 2.16. The molecule has 1 heterocycles. The summed E-state index contributed by atoms with van der Waals surface area (Å²) in [5, 5.41) is 8.97. The van der Waals surface area contributed by atoms with Crippen LogP contribution in [0.4, 0.5) is 0 Å². The molecule has 1 unspecified atom stereocenters. The number of amides is 1. The molecule has 1 aliphatic heterocycles. The van der Waals surface area contributed by atoms with E-state index in [1.807, 2.05) is 13.8 Å². The molecule has 0 saturated carbocycles. The van der Waals surface area contributed by atoms with E-state index in [1.54, 1.807) is 4.90 Å². The van der Waals surface area contributed by atoms with Gasteiger partial charge in [0.15, 0.2) is 0 Å². The Labute approximate surface area is 113 Å². The molecule has 1 aromatic rings. The van der Waals surface area contributed by atoms with Gasteiger partial charge in [0, 0.05) is 19.5 Å². The van der Waals surface area contributed by atoms with Gasteiger partial charge in [-0.3, -0.25) is 9.59 Å². The van der Waals surface area contributed by atoms with E-state index >= 15 is 0 Å². The molecule has 102 valence electrons. The number of hydrogen-bond acceptors (Lipinski definition) is 2. The second-order valence-electron chi connectivity index (χ2n) is 5.38. The first-order chi connectivity index (χ1) is 8.88. The van der Waals surface area contributed by atoms with Crippen molar-refractivity contribution in [2.24, 2.45) is 5.92 Å². The molecule has 1 amide bonds. The van der Waals surface area contributed by atoms with E-state index in [2.05, 4.69) is 19.1 Å². The Morgan fingerprint density at radius 1 is 1.26 bits per heavy atom. The summed E-state index contributed by atoms with van der Waals surface area (Å²) < 4.78 is 0. The topological polar surface area (TPSA) is 57.6 Å². The first kappa shape index (κ1) is 13.6. The zero-order chi connectivity index (χ0) is 14.2. The van der Waals surface area contributed by atoms with Crippen LogP contribution in [0.2, 0.25) is 0 Å². The predicted molar refractivity (Wildman–Crippen MR) is 71.8 cm³/mol. The highest BCUT2D eigenvalue weighted by molar-refractivity contribution is 5.86. The molecule has 4 nitrogen and oxygen atoms in total. The lowest BCUT2D eigenvalue weighted by atomic mass is 10.0. The standard InChI is InChI=1S/C15H19NO3/c1-9-4-11(3)12(5-10(9)2)7-16-8-13(15(18)19)6-14(16)17/h4-5,13H,6-8H2,1-3H3,(H,18,19). The molecule has 1 aliphatic rings. The van der Waals surface area contributed by atoms with Gasteiger partial charge in [0.25, 0.3) is 0 Å². The molecule has 0 spiro atoms. The number of rotatable bonds is 3. The van der Waals surface area contributed by atoms with Gasteiger partial charge in [0.1, 0.15) is 0 Å². The van der Waals surface area contributed by atoms with Gasteiger partial charge in [0.2, 0.25) is 5.91 Å². The van der Waals surface area contributed by atoms with Gasteiger partial charge in [-0.15, -0.1) is 0 Å². The van der Waals surface area contributed by atoms with E-state index in [0.29, 0.717) is 13.1 Å². The van der Waals surface area contributed by atoms with Gasteiger partial charge in [-0.25, -0.2) is 0 Å². The van der Waals surface area contributed by atoms with Gasteiger partial charge in [-0.2, -0.15) is 0 Å². The van der Waals surface area contributed by atoms with Crippen molar-refractivity contribution >= 4 is 11.9 Å². The van der Waals surface area contributed by atoms with Crippen LogP contribution in [0.3, 0.4) is 0 Å². The maximum Gasteiger partial charge on any atom is 0.308 e. The lowest BCUT2D eigenvalue weighted by molar-refractivity contribution is -0.141. The van der Waals surface area contributed by atoms with Gasteiger partial charge in [-0.05, 0) is 43.0 Å². The van der Waals surface area contributed by atoms with Crippen molar-refractivity contribution in [2.75, 3.05) is 6.54 Å². The molecular weight excluding hydrogens is 242 g/mol. The van der Waals surface area contributed by atoms with Crippen LogP contribution in [0.15, 0.2) is 12.1 Å². The fraction of sp³-hybridized carbons (Fsp3) is 0.467. The lowest BCUT2D eigenvalue weighted by Gasteiger charge is -2.18. The summed E-state index contributed by atoms with van der Waals surface area (Å²) in [6.45, 7) is 6.96. The fourth-order valence-electron chi connectivity index (χ4n) is 2.49. The lowest BCUT2D eigenvalue weighted by Crippen LogP contribution is -2.26. The number of carbonyl (C=O) groups is 2. The minimum Gasteiger partial charge on any atom is -0.481 e. The molecule has 1 N–H and O–H groups in total. The quantitative estimate of drug-likeness (QED) is 0.906. The van der Waals surface area contributed by atoms with Crippen LogP contribution in [0.1, 0.15) is 28.7 Å². The van der Waals surface area contributed by atoms with Crippen LogP contribution >= 0.6 is 0 Å². The molecule has 19 heavy (non-hydrogen) atoms. The monoisotopic (exact) mass is 261 g/mol. The van der Waals surface area contributed by atoms with Crippen molar-refractivity contribution < 1.29 is 14.7 Å². The van der Waals surface area contributed by atoms with Crippen LogP contribution < -0.4 is 0 Å². The highest BCUT2D eigenvalue weighted by atomic mass is 16.4. The van der Waals surface area contributed by atoms with E-state index in [9.17, 15) is 9.59 Å². The molecule has 0 bridgehead atoms. The number of carboxylic acid groups (broad SMARTS) is 1. The van der Waals surface area contributed by atoms with Gasteiger partial charge in [-0.1, -0.05) is 12.1 Å². The molecule has 4 heteroatoms. The minimum atomic E-state index is -0.882. The Morgan fingerprint density at radius 3 is 2.47 bits per heavy atom. The van der Waals surface area contributed by atoms with Gasteiger partial charge < -0.3 is 10.0 Å². The van der Waals surface area contributed by atoms with Crippen molar-refractivity contribution in [3.63, 3.8) is 0 Å². The smallest absolute Gasteiger partial charge is 0.308 e. The molecule has 0 radical (unpaired) electrons. The molecule has 2 rings (SSSR count). The highest BCUT2D eigenvalue weighted by Gasteiger charge is 2.34. The van der Waals surface area contributed by atoms with Crippen LogP contribution in [0, 0.1) is 26.7 Å². The number of carbonyl (C=O) groups excluding carboxylic acids is 1. The number of carboxylic acids is 1. The number of benzene rings is 1. The Kier molecular flexibility index (Phi) is 3.60.